The zero-order chi connectivity index (χ0) is 22.9. The summed E-state index contributed by atoms with van der Waals surface area (Å²) in [6.07, 6.45) is 5.43. The van der Waals surface area contributed by atoms with Gasteiger partial charge in [0.1, 0.15) is 11.8 Å². The Hall–Kier alpha value is -3.61. The summed E-state index contributed by atoms with van der Waals surface area (Å²) in [6.45, 7) is 7.40. The largest absolute Gasteiger partial charge is 0.494 e. The molecule has 7 heteroatoms. The lowest BCUT2D eigenvalue weighted by atomic mass is 10.0. The van der Waals surface area contributed by atoms with Gasteiger partial charge in [-0.1, -0.05) is 38.1 Å². The molecule has 2 N–H and O–H groups in total. The molecule has 168 valence electrons. The Kier molecular flexibility index (Phi) is 8.02. The first-order valence-electron chi connectivity index (χ1n) is 10.8. The second kappa shape index (κ2) is 11.1. The minimum absolute atomic E-state index is 0.0609. The van der Waals surface area contributed by atoms with Crippen molar-refractivity contribution in [3.05, 3.63) is 83.9 Å². The quantitative estimate of drug-likeness (QED) is 0.512. The number of rotatable bonds is 10. The second-order valence-electron chi connectivity index (χ2n) is 7.93. The Balaban J connectivity index is 1.58. The molecule has 3 aromatic rings. The molecular formula is C25H30N4O3. The molecular weight excluding hydrogens is 404 g/mol. The van der Waals surface area contributed by atoms with Crippen molar-refractivity contribution in [2.45, 2.75) is 39.9 Å². The van der Waals surface area contributed by atoms with Crippen LogP contribution >= 0.6 is 0 Å². The van der Waals surface area contributed by atoms with Crippen molar-refractivity contribution in [1.82, 2.24) is 20.2 Å². The topological polar surface area (TPSA) is 85.2 Å². The van der Waals surface area contributed by atoms with Crippen LogP contribution in [-0.4, -0.2) is 34.0 Å². The van der Waals surface area contributed by atoms with Gasteiger partial charge in [0.05, 0.1) is 12.9 Å². The molecule has 3 rings (SSSR count). The van der Waals surface area contributed by atoms with Crippen LogP contribution in [0.25, 0.3) is 0 Å². The van der Waals surface area contributed by atoms with Crippen LogP contribution < -0.4 is 15.4 Å². The molecule has 0 fully saturated rings. The van der Waals surface area contributed by atoms with Gasteiger partial charge in [-0.15, -0.1) is 0 Å². The number of hydrogen-bond donors (Lipinski definition) is 2. The Labute approximate surface area is 188 Å². The number of nitrogens with one attached hydrogen (secondary N) is 2. The molecule has 0 aliphatic carbocycles. The lowest BCUT2D eigenvalue weighted by Crippen LogP contribution is -2.49. The van der Waals surface area contributed by atoms with Crippen molar-refractivity contribution < 1.29 is 14.3 Å². The predicted molar refractivity (Wildman–Crippen MR) is 123 cm³/mol. The number of amides is 2. The molecule has 1 aromatic heterocycles. The highest BCUT2D eigenvalue weighted by Crippen LogP contribution is 2.13. The van der Waals surface area contributed by atoms with E-state index >= 15 is 0 Å². The second-order valence-corrected chi connectivity index (χ2v) is 7.93. The van der Waals surface area contributed by atoms with Crippen LogP contribution in [0.15, 0.2) is 67.3 Å². The van der Waals surface area contributed by atoms with Crippen molar-refractivity contribution >= 4 is 11.8 Å². The van der Waals surface area contributed by atoms with Crippen LogP contribution in [0.2, 0.25) is 0 Å². The van der Waals surface area contributed by atoms with Crippen molar-refractivity contribution in [1.29, 1.82) is 0 Å². The third kappa shape index (κ3) is 6.44. The maximum Gasteiger partial charge on any atom is 0.251 e. The molecule has 1 atom stereocenters. The summed E-state index contributed by atoms with van der Waals surface area (Å²) in [5.74, 6) is 0.148. The molecule has 0 bridgehead atoms. The molecule has 0 saturated heterocycles. The molecule has 0 aliphatic heterocycles. The highest BCUT2D eigenvalue weighted by molar-refractivity contribution is 5.97. The summed E-state index contributed by atoms with van der Waals surface area (Å²) in [7, 11) is 0. The van der Waals surface area contributed by atoms with Gasteiger partial charge < -0.3 is 19.9 Å². The summed E-state index contributed by atoms with van der Waals surface area (Å²) >= 11 is 0. The van der Waals surface area contributed by atoms with Gasteiger partial charge in [-0.2, -0.15) is 0 Å². The zero-order valence-electron chi connectivity index (χ0n) is 18.7. The van der Waals surface area contributed by atoms with Gasteiger partial charge >= 0.3 is 0 Å². The van der Waals surface area contributed by atoms with Crippen LogP contribution in [0.3, 0.4) is 0 Å². The van der Waals surface area contributed by atoms with Crippen molar-refractivity contribution in [3.63, 3.8) is 0 Å². The monoisotopic (exact) mass is 434 g/mol. The highest BCUT2D eigenvalue weighted by Gasteiger charge is 2.24. The minimum Gasteiger partial charge on any atom is -0.494 e. The number of aromatic nitrogens is 2. The van der Waals surface area contributed by atoms with Crippen LogP contribution in [0.4, 0.5) is 0 Å². The van der Waals surface area contributed by atoms with Gasteiger partial charge in [0.25, 0.3) is 5.91 Å². The lowest BCUT2D eigenvalue weighted by molar-refractivity contribution is -0.124. The summed E-state index contributed by atoms with van der Waals surface area (Å²) in [6, 6.07) is 14.3. The highest BCUT2D eigenvalue weighted by atomic mass is 16.5. The van der Waals surface area contributed by atoms with Crippen LogP contribution in [0.1, 0.15) is 42.3 Å². The number of benzene rings is 2. The van der Waals surface area contributed by atoms with E-state index in [9.17, 15) is 9.59 Å². The Morgan fingerprint density at radius 3 is 2.50 bits per heavy atom. The number of nitrogens with zero attached hydrogens (tertiary/aromatic N) is 2. The van der Waals surface area contributed by atoms with Crippen molar-refractivity contribution in [2.24, 2.45) is 5.92 Å². The number of carbonyl (C=O) groups excluding carboxylic acids is 2. The van der Waals surface area contributed by atoms with E-state index in [1.54, 1.807) is 36.8 Å². The summed E-state index contributed by atoms with van der Waals surface area (Å²) < 4.78 is 7.40. The molecule has 0 saturated carbocycles. The fourth-order valence-electron chi connectivity index (χ4n) is 3.36. The van der Waals surface area contributed by atoms with E-state index in [1.165, 1.54) is 0 Å². The first-order chi connectivity index (χ1) is 15.5. The first-order valence-corrected chi connectivity index (χ1v) is 10.8. The molecule has 7 nitrogen and oxygen atoms in total. The molecule has 1 heterocycles. The first kappa shape index (κ1) is 23.1. The SMILES string of the molecule is CCOc1ccc(C(=O)NC(C(=O)NCc2cccc(Cn3ccnc3)c2)C(C)C)cc1. The lowest BCUT2D eigenvalue weighted by Gasteiger charge is -2.22. The molecule has 2 amide bonds. The molecule has 1 unspecified atom stereocenters. The number of carbonyl (C=O) groups is 2. The maximum atomic E-state index is 12.8. The fraction of sp³-hybridized carbons (Fsp3) is 0.320. The average Bonchev–Trinajstić information content (AvgIpc) is 3.29. The van der Waals surface area contributed by atoms with E-state index in [-0.39, 0.29) is 17.7 Å². The third-order valence-electron chi connectivity index (χ3n) is 5.05. The Morgan fingerprint density at radius 2 is 1.84 bits per heavy atom. The normalized spacial score (nSPS) is 11.8. The van der Waals surface area contributed by atoms with Gasteiger partial charge in [0.15, 0.2) is 0 Å². The van der Waals surface area contributed by atoms with Gasteiger partial charge in [-0.05, 0) is 48.2 Å². The van der Waals surface area contributed by atoms with Crippen LogP contribution in [0, 0.1) is 5.92 Å². The number of imidazole rings is 1. The van der Waals surface area contributed by atoms with Gasteiger partial charge in [-0.3, -0.25) is 9.59 Å². The van der Waals surface area contributed by atoms with E-state index in [2.05, 4.69) is 21.7 Å². The van der Waals surface area contributed by atoms with Gasteiger partial charge in [0, 0.05) is 31.0 Å². The van der Waals surface area contributed by atoms with Crippen molar-refractivity contribution in [2.75, 3.05) is 6.61 Å². The summed E-state index contributed by atoms with van der Waals surface area (Å²) in [5, 5.41) is 5.82. The fourth-order valence-corrected chi connectivity index (χ4v) is 3.36. The Morgan fingerprint density at radius 1 is 1.09 bits per heavy atom. The minimum atomic E-state index is -0.636. The average molecular weight is 435 g/mol. The van der Waals surface area contributed by atoms with Crippen LogP contribution in [0.5, 0.6) is 5.75 Å². The van der Waals surface area contributed by atoms with E-state index < -0.39 is 6.04 Å². The van der Waals surface area contributed by atoms with Crippen LogP contribution in [-0.2, 0) is 17.9 Å². The maximum absolute atomic E-state index is 12.8. The van der Waals surface area contributed by atoms with E-state index in [0.717, 1.165) is 11.1 Å². The number of ether oxygens (including phenoxy) is 1. The molecule has 0 radical (unpaired) electrons. The van der Waals surface area contributed by atoms with Gasteiger partial charge in [-0.25, -0.2) is 4.98 Å². The smallest absolute Gasteiger partial charge is 0.251 e. The molecule has 32 heavy (non-hydrogen) atoms. The molecule has 0 aliphatic rings. The van der Waals surface area contributed by atoms with Gasteiger partial charge in [0.2, 0.25) is 5.91 Å². The summed E-state index contributed by atoms with van der Waals surface area (Å²) in [5.41, 5.74) is 2.61. The van der Waals surface area contributed by atoms with E-state index in [1.807, 2.05) is 49.7 Å². The van der Waals surface area contributed by atoms with E-state index in [4.69, 9.17) is 4.74 Å². The Bertz CT molecular complexity index is 1010. The number of hydrogen-bond acceptors (Lipinski definition) is 4. The summed E-state index contributed by atoms with van der Waals surface area (Å²) in [4.78, 5) is 29.6. The standard InChI is InChI=1S/C25H30N4O3/c1-4-32-22-10-8-21(9-11-22)24(30)28-23(18(2)3)25(31)27-15-19-6-5-7-20(14-19)16-29-13-12-26-17-29/h5-14,17-18,23H,4,15-16H2,1-3H3,(H,27,31)(H,28,30). The molecule has 0 spiro atoms. The van der Waals surface area contributed by atoms with Crippen molar-refractivity contribution in [3.8, 4) is 5.75 Å². The predicted octanol–water partition coefficient (Wildman–Crippen LogP) is 3.40. The third-order valence-corrected chi connectivity index (χ3v) is 5.05. The molecule has 2 aromatic carbocycles. The van der Waals surface area contributed by atoms with E-state index in [0.29, 0.717) is 31.0 Å². The zero-order valence-corrected chi connectivity index (χ0v) is 18.7.